The Hall–Kier alpha value is -1.29. The molecule has 1 aromatic rings. The minimum absolute atomic E-state index is 0.0961. The second kappa shape index (κ2) is 4.81. The van der Waals surface area contributed by atoms with Crippen LogP contribution in [0, 0.1) is 5.92 Å². The fraction of sp³-hybridized carbons (Fsp3) is 0.500. The number of carbonyl (C=O) groups is 1. The van der Waals surface area contributed by atoms with Crippen LogP contribution in [0.5, 0.6) is 0 Å². The predicted octanol–water partition coefficient (Wildman–Crippen LogP) is 0.614. The van der Waals surface area contributed by atoms with Gasteiger partial charge >= 0.3 is 0 Å². The number of H-pyrrole nitrogens is 1. The Labute approximate surface area is 83.9 Å². The minimum Gasteiger partial charge on any atom is -0.367 e. The van der Waals surface area contributed by atoms with E-state index in [-0.39, 0.29) is 11.8 Å². The molecular weight excluding hydrogens is 178 g/mol. The lowest BCUT2D eigenvalue weighted by Gasteiger charge is -2.14. The van der Waals surface area contributed by atoms with Gasteiger partial charge in [-0.2, -0.15) is 0 Å². The average molecular weight is 195 g/mol. The Morgan fingerprint density at radius 3 is 2.86 bits per heavy atom. The summed E-state index contributed by atoms with van der Waals surface area (Å²) in [7, 11) is 0. The van der Waals surface area contributed by atoms with Gasteiger partial charge in [0.2, 0.25) is 5.91 Å². The number of rotatable bonds is 4. The lowest BCUT2D eigenvalue weighted by Crippen LogP contribution is -2.43. The lowest BCUT2D eigenvalue weighted by molar-refractivity contribution is -0.123. The van der Waals surface area contributed by atoms with Gasteiger partial charge in [0.05, 0.1) is 6.04 Å². The van der Waals surface area contributed by atoms with Crippen molar-refractivity contribution in [2.75, 3.05) is 0 Å². The van der Waals surface area contributed by atoms with Gasteiger partial charge in [-0.25, -0.2) is 0 Å². The van der Waals surface area contributed by atoms with E-state index in [1.165, 1.54) is 0 Å². The van der Waals surface area contributed by atoms with E-state index < -0.39 is 6.04 Å². The molecule has 1 aromatic heterocycles. The van der Waals surface area contributed by atoms with E-state index in [2.05, 4.69) is 10.3 Å². The van der Waals surface area contributed by atoms with Crippen LogP contribution in [-0.2, 0) is 11.3 Å². The van der Waals surface area contributed by atoms with E-state index in [1.807, 2.05) is 32.3 Å². The molecule has 0 radical (unpaired) electrons. The van der Waals surface area contributed by atoms with Crippen molar-refractivity contribution in [1.29, 1.82) is 0 Å². The molecule has 0 saturated carbocycles. The van der Waals surface area contributed by atoms with Crippen LogP contribution < -0.4 is 11.1 Å². The largest absolute Gasteiger partial charge is 0.367 e. The first kappa shape index (κ1) is 10.8. The normalized spacial score (nSPS) is 12.9. The van der Waals surface area contributed by atoms with Crippen LogP contribution in [-0.4, -0.2) is 16.9 Å². The molecule has 4 nitrogen and oxygen atoms in total. The van der Waals surface area contributed by atoms with Gasteiger partial charge in [0, 0.05) is 18.9 Å². The third kappa shape index (κ3) is 2.88. The van der Waals surface area contributed by atoms with Crippen LogP contribution in [0.15, 0.2) is 18.5 Å². The number of aromatic amines is 1. The highest BCUT2D eigenvalue weighted by Crippen LogP contribution is 1.99. The Balaban J connectivity index is 2.35. The molecule has 1 amide bonds. The van der Waals surface area contributed by atoms with Gasteiger partial charge in [-0.3, -0.25) is 4.79 Å². The van der Waals surface area contributed by atoms with E-state index in [4.69, 9.17) is 5.73 Å². The number of nitrogens with two attached hydrogens (primary N) is 1. The highest BCUT2D eigenvalue weighted by Gasteiger charge is 2.16. The number of amides is 1. The zero-order valence-electron chi connectivity index (χ0n) is 8.58. The summed E-state index contributed by atoms with van der Waals surface area (Å²) in [5, 5.41) is 2.78. The van der Waals surface area contributed by atoms with E-state index in [0.717, 1.165) is 5.56 Å². The number of carbonyl (C=O) groups excluding carboxylic acids is 1. The maximum atomic E-state index is 11.4. The topological polar surface area (TPSA) is 70.9 Å². The molecule has 0 aliphatic rings. The maximum Gasteiger partial charge on any atom is 0.237 e. The van der Waals surface area contributed by atoms with Crippen LogP contribution in [0.3, 0.4) is 0 Å². The second-order valence-corrected chi connectivity index (χ2v) is 3.71. The zero-order chi connectivity index (χ0) is 10.6. The molecule has 1 unspecified atom stereocenters. The summed E-state index contributed by atoms with van der Waals surface area (Å²) in [6.07, 6.45) is 3.67. The van der Waals surface area contributed by atoms with Crippen molar-refractivity contribution in [1.82, 2.24) is 10.3 Å². The Bertz CT molecular complexity index is 280. The molecule has 78 valence electrons. The molecule has 4 heteroatoms. The van der Waals surface area contributed by atoms with Gasteiger partial charge in [0.15, 0.2) is 0 Å². The standard InChI is InChI=1S/C10H17N3O/c1-7(2)9(11)10(14)13-6-8-3-4-12-5-8/h3-5,7,9,12H,6,11H2,1-2H3,(H,13,14). The number of hydrogen-bond donors (Lipinski definition) is 3. The molecule has 1 atom stereocenters. The maximum absolute atomic E-state index is 11.4. The van der Waals surface area contributed by atoms with Gasteiger partial charge in [-0.15, -0.1) is 0 Å². The Morgan fingerprint density at radius 1 is 1.64 bits per heavy atom. The molecule has 1 rings (SSSR count). The van der Waals surface area contributed by atoms with Crippen LogP contribution in [0.25, 0.3) is 0 Å². The Kier molecular flexibility index (Phi) is 3.71. The van der Waals surface area contributed by atoms with Crippen LogP contribution in [0.4, 0.5) is 0 Å². The van der Waals surface area contributed by atoms with Crippen molar-refractivity contribution in [2.45, 2.75) is 26.4 Å². The van der Waals surface area contributed by atoms with E-state index in [1.54, 1.807) is 0 Å². The molecule has 4 N–H and O–H groups in total. The van der Waals surface area contributed by atoms with Crippen LogP contribution >= 0.6 is 0 Å². The van der Waals surface area contributed by atoms with Crippen molar-refractivity contribution in [3.8, 4) is 0 Å². The lowest BCUT2D eigenvalue weighted by atomic mass is 10.1. The molecular formula is C10H17N3O. The summed E-state index contributed by atoms with van der Waals surface area (Å²) in [5.41, 5.74) is 6.73. The monoisotopic (exact) mass is 195 g/mol. The predicted molar refractivity (Wildman–Crippen MR) is 55.5 cm³/mol. The second-order valence-electron chi connectivity index (χ2n) is 3.71. The highest BCUT2D eigenvalue weighted by atomic mass is 16.2. The van der Waals surface area contributed by atoms with E-state index in [9.17, 15) is 4.79 Å². The number of nitrogens with one attached hydrogen (secondary N) is 2. The summed E-state index contributed by atoms with van der Waals surface area (Å²) in [6, 6.07) is 1.50. The molecule has 0 bridgehead atoms. The molecule has 0 fully saturated rings. The van der Waals surface area contributed by atoms with Gasteiger partial charge in [0.25, 0.3) is 0 Å². The molecule has 0 aromatic carbocycles. The fourth-order valence-electron chi connectivity index (χ4n) is 1.08. The minimum atomic E-state index is -0.422. The van der Waals surface area contributed by atoms with Gasteiger partial charge in [0.1, 0.15) is 0 Å². The average Bonchev–Trinajstić information content (AvgIpc) is 2.65. The molecule has 0 spiro atoms. The Morgan fingerprint density at radius 2 is 2.36 bits per heavy atom. The van der Waals surface area contributed by atoms with Gasteiger partial charge in [-0.05, 0) is 17.5 Å². The van der Waals surface area contributed by atoms with Crippen LogP contribution in [0.2, 0.25) is 0 Å². The van der Waals surface area contributed by atoms with Crippen molar-refractivity contribution in [2.24, 2.45) is 11.7 Å². The summed E-state index contributed by atoms with van der Waals surface area (Å²) in [4.78, 5) is 14.4. The first-order chi connectivity index (χ1) is 6.61. The van der Waals surface area contributed by atoms with E-state index in [0.29, 0.717) is 6.54 Å². The molecule has 0 saturated heterocycles. The number of hydrogen-bond acceptors (Lipinski definition) is 2. The summed E-state index contributed by atoms with van der Waals surface area (Å²) in [6.45, 7) is 4.39. The van der Waals surface area contributed by atoms with Crippen molar-refractivity contribution in [3.05, 3.63) is 24.0 Å². The fourth-order valence-corrected chi connectivity index (χ4v) is 1.08. The third-order valence-electron chi connectivity index (χ3n) is 2.15. The van der Waals surface area contributed by atoms with Crippen molar-refractivity contribution in [3.63, 3.8) is 0 Å². The first-order valence-electron chi connectivity index (χ1n) is 4.76. The van der Waals surface area contributed by atoms with E-state index >= 15 is 0 Å². The van der Waals surface area contributed by atoms with Gasteiger partial charge in [-0.1, -0.05) is 13.8 Å². The number of aromatic nitrogens is 1. The molecule has 0 aliphatic carbocycles. The summed E-state index contributed by atoms with van der Waals surface area (Å²) in [5.74, 6) is 0.0717. The van der Waals surface area contributed by atoms with Crippen LogP contribution in [0.1, 0.15) is 19.4 Å². The van der Waals surface area contributed by atoms with Crippen molar-refractivity contribution < 1.29 is 4.79 Å². The summed E-state index contributed by atoms with van der Waals surface area (Å²) >= 11 is 0. The zero-order valence-corrected chi connectivity index (χ0v) is 8.58. The highest BCUT2D eigenvalue weighted by molar-refractivity contribution is 5.81. The molecule has 1 heterocycles. The smallest absolute Gasteiger partial charge is 0.237 e. The first-order valence-corrected chi connectivity index (χ1v) is 4.76. The van der Waals surface area contributed by atoms with Crippen molar-refractivity contribution >= 4 is 5.91 Å². The molecule has 0 aliphatic heterocycles. The third-order valence-corrected chi connectivity index (χ3v) is 2.15. The quantitative estimate of drug-likeness (QED) is 0.659. The summed E-state index contributed by atoms with van der Waals surface area (Å²) < 4.78 is 0. The SMILES string of the molecule is CC(C)C(N)C(=O)NCc1cc[nH]c1. The molecule has 14 heavy (non-hydrogen) atoms. The van der Waals surface area contributed by atoms with Gasteiger partial charge < -0.3 is 16.0 Å².